The molecule has 2 nitrogen and oxygen atoms in total. The van der Waals surface area contributed by atoms with Crippen molar-refractivity contribution in [3.8, 4) is 11.1 Å². The minimum Gasteiger partial charge on any atom is -0.355 e. The zero-order valence-electron chi connectivity index (χ0n) is 41.3. The average Bonchev–Trinajstić information content (AvgIpc) is 3.22. The first-order valence-corrected chi connectivity index (χ1v) is 29.5. The summed E-state index contributed by atoms with van der Waals surface area (Å²) in [4.78, 5) is 2.66. The van der Waals surface area contributed by atoms with Crippen LogP contribution in [-0.2, 0) is 22.7 Å². The Hall–Kier alpha value is -4.91. The van der Waals surface area contributed by atoms with Gasteiger partial charge in [-0.3, -0.25) is 0 Å². The first kappa shape index (κ1) is 46.1. The summed E-state index contributed by atoms with van der Waals surface area (Å²) in [7, 11) is -2.26. The Kier molecular flexibility index (Phi) is 13.1. The van der Waals surface area contributed by atoms with Crippen molar-refractivity contribution in [1.29, 1.82) is 0 Å². The van der Waals surface area contributed by atoms with Crippen molar-refractivity contribution in [1.82, 2.24) is 0 Å². The van der Waals surface area contributed by atoms with Gasteiger partial charge in [0.2, 0.25) is 0 Å². The Morgan fingerprint density at radius 3 is 1.67 bits per heavy atom. The van der Waals surface area contributed by atoms with Gasteiger partial charge in [0.05, 0.1) is 29.0 Å². The summed E-state index contributed by atoms with van der Waals surface area (Å²) in [5.41, 5.74) is 15.1. The molecule has 0 aromatic heterocycles. The van der Waals surface area contributed by atoms with E-state index < -0.39 is 17.6 Å². The van der Waals surface area contributed by atoms with E-state index in [1.54, 1.807) is 0 Å². The zero-order valence-corrected chi connectivity index (χ0v) is 43.6. The summed E-state index contributed by atoms with van der Waals surface area (Å²) in [6.07, 6.45) is 3.48. The van der Waals surface area contributed by atoms with Crippen LogP contribution >= 0.6 is 0 Å². The molecular formula is C59H74N2Si2. The number of fused-ring (bicyclic) bond motifs is 2. The SMILES string of the molecule is CCCCc1cccc(-c2ccc3c(Nc4cc(C)cc([SiH](C)C)c4)c4ccccc4c(N(c4cc([SiH](C)C)cc(C(C)(C)C)c4)c4cc(C(C)(C)C)cc(C(C)(C)C)c4)c3c2)c1. The highest BCUT2D eigenvalue weighted by Crippen LogP contribution is 2.50. The lowest BCUT2D eigenvalue weighted by molar-refractivity contribution is 0.569. The highest BCUT2D eigenvalue weighted by molar-refractivity contribution is 6.71. The van der Waals surface area contributed by atoms with Gasteiger partial charge in [0.15, 0.2) is 0 Å². The van der Waals surface area contributed by atoms with Gasteiger partial charge in [-0.1, -0.05) is 191 Å². The third-order valence-corrected chi connectivity index (χ3v) is 16.3. The second-order valence-electron chi connectivity index (χ2n) is 22.1. The minimum atomic E-state index is -1.22. The number of hydrogen-bond donors (Lipinski definition) is 1. The van der Waals surface area contributed by atoms with Crippen LogP contribution in [0.4, 0.5) is 28.4 Å². The van der Waals surface area contributed by atoms with Crippen molar-refractivity contribution < 1.29 is 0 Å². The maximum Gasteiger partial charge on any atom is 0.0648 e. The predicted octanol–water partition coefficient (Wildman–Crippen LogP) is 15.8. The molecular weight excluding hydrogens is 793 g/mol. The van der Waals surface area contributed by atoms with Crippen molar-refractivity contribution in [3.05, 3.63) is 149 Å². The topological polar surface area (TPSA) is 15.3 Å². The van der Waals surface area contributed by atoms with Crippen LogP contribution in [0.2, 0.25) is 26.2 Å². The molecule has 0 atom stereocenters. The van der Waals surface area contributed by atoms with E-state index >= 15 is 0 Å². The van der Waals surface area contributed by atoms with E-state index in [-0.39, 0.29) is 16.2 Å². The van der Waals surface area contributed by atoms with Crippen molar-refractivity contribution in [3.63, 3.8) is 0 Å². The summed E-state index contributed by atoms with van der Waals surface area (Å²) >= 11 is 0. The molecule has 328 valence electrons. The summed E-state index contributed by atoms with van der Waals surface area (Å²) < 4.78 is 0. The van der Waals surface area contributed by atoms with Crippen molar-refractivity contribution in [2.24, 2.45) is 0 Å². The largest absolute Gasteiger partial charge is 0.355 e. The van der Waals surface area contributed by atoms with Crippen molar-refractivity contribution in [2.75, 3.05) is 10.2 Å². The minimum absolute atomic E-state index is 0.0249. The number of nitrogens with one attached hydrogen (secondary N) is 1. The third-order valence-electron chi connectivity index (χ3n) is 13.0. The Morgan fingerprint density at radius 1 is 0.508 bits per heavy atom. The molecule has 7 aromatic rings. The number of anilines is 5. The quantitative estimate of drug-likeness (QED) is 0.0792. The normalized spacial score (nSPS) is 12.5. The van der Waals surface area contributed by atoms with Crippen LogP contribution in [0.3, 0.4) is 0 Å². The number of nitrogens with zero attached hydrogens (tertiary/aromatic N) is 1. The fourth-order valence-corrected chi connectivity index (χ4v) is 11.0. The lowest BCUT2D eigenvalue weighted by Crippen LogP contribution is -2.27. The molecule has 0 spiro atoms. The molecule has 0 aliphatic carbocycles. The van der Waals surface area contributed by atoms with Gasteiger partial charge in [-0.05, 0) is 117 Å². The van der Waals surface area contributed by atoms with Gasteiger partial charge in [0, 0.05) is 38.6 Å². The fourth-order valence-electron chi connectivity index (χ4n) is 8.90. The van der Waals surface area contributed by atoms with Crippen LogP contribution in [0.15, 0.2) is 121 Å². The second-order valence-corrected chi connectivity index (χ2v) is 28.0. The maximum absolute atomic E-state index is 4.08. The maximum atomic E-state index is 4.08. The van der Waals surface area contributed by atoms with Crippen LogP contribution in [0.5, 0.6) is 0 Å². The lowest BCUT2D eigenvalue weighted by Gasteiger charge is -2.34. The summed E-state index contributed by atoms with van der Waals surface area (Å²) in [6.45, 7) is 35.5. The Morgan fingerprint density at radius 2 is 1.06 bits per heavy atom. The van der Waals surface area contributed by atoms with Crippen LogP contribution in [0, 0.1) is 6.92 Å². The second kappa shape index (κ2) is 17.9. The molecule has 0 bridgehead atoms. The van der Waals surface area contributed by atoms with E-state index in [0.29, 0.717) is 0 Å². The van der Waals surface area contributed by atoms with E-state index in [0.717, 1.165) is 17.8 Å². The highest BCUT2D eigenvalue weighted by atomic mass is 28.3. The van der Waals surface area contributed by atoms with Gasteiger partial charge in [-0.2, -0.15) is 0 Å². The first-order valence-electron chi connectivity index (χ1n) is 23.7. The van der Waals surface area contributed by atoms with Gasteiger partial charge >= 0.3 is 0 Å². The molecule has 4 heteroatoms. The average molecular weight is 867 g/mol. The number of unbranched alkanes of at least 4 members (excludes halogenated alkanes) is 1. The molecule has 0 unspecified atom stereocenters. The molecule has 0 amide bonds. The molecule has 0 heterocycles. The first-order chi connectivity index (χ1) is 29.6. The molecule has 0 saturated carbocycles. The van der Waals surface area contributed by atoms with Crippen molar-refractivity contribution >= 4 is 77.9 Å². The summed E-state index contributed by atoms with van der Waals surface area (Å²) in [5.74, 6) is 0. The molecule has 63 heavy (non-hydrogen) atoms. The van der Waals surface area contributed by atoms with E-state index in [1.165, 1.54) is 101 Å². The molecule has 7 aromatic carbocycles. The number of aryl methyl sites for hydroxylation is 2. The smallest absolute Gasteiger partial charge is 0.0648 e. The van der Waals surface area contributed by atoms with Gasteiger partial charge in [0.25, 0.3) is 0 Å². The van der Waals surface area contributed by atoms with Gasteiger partial charge in [-0.15, -0.1) is 0 Å². The molecule has 0 aliphatic rings. The molecule has 0 aliphatic heterocycles. The molecule has 0 saturated heterocycles. The number of rotatable bonds is 11. The van der Waals surface area contributed by atoms with E-state index in [2.05, 4.69) is 234 Å². The Bertz CT molecular complexity index is 2740. The lowest BCUT2D eigenvalue weighted by atomic mass is 9.80. The number of hydrogen-bond acceptors (Lipinski definition) is 2. The van der Waals surface area contributed by atoms with Crippen LogP contribution in [0.1, 0.15) is 110 Å². The molecule has 0 radical (unpaired) electrons. The van der Waals surface area contributed by atoms with Crippen LogP contribution in [-0.4, -0.2) is 17.6 Å². The number of benzene rings is 7. The molecule has 1 N–H and O–H groups in total. The van der Waals surface area contributed by atoms with E-state index in [9.17, 15) is 0 Å². The van der Waals surface area contributed by atoms with Crippen LogP contribution in [0.25, 0.3) is 32.7 Å². The summed E-state index contributed by atoms with van der Waals surface area (Å²) in [5, 5.41) is 12.0. The fraction of sp³-hybridized carbons (Fsp3) is 0.356. The highest BCUT2D eigenvalue weighted by Gasteiger charge is 2.28. The van der Waals surface area contributed by atoms with Gasteiger partial charge < -0.3 is 10.2 Å². The van der Waals surface area contributed by atoms with Crippen molar-refractivity contribution in [2.45, 2.75) is 138 Å². The summed E-state index contributed by atoms with van der Waals surface area (Å²) in [6, 6.07) is 47.8. The van der Waals surface area contributed by atoms with E-state index in [1.807, 2.05) is 0 Å². The third kappa shape index (κ3) is 10.1. The zero-order chi connectivity index (χ0) is 45.6. The molecule has 7 rings (SSSR count). The van der Waals surface area contributed by atoms with Gasteiger partial charge in [-0.25, -0.2) is 0 Å². The molecule has 0 fully saturated rings. The monoisotopic (exact) mass is 867 g/mol. The predicted molar refractivity (Wildman–Crippen MR) is 288 cm³/mol. The van der Waals surface area contributed by atoms with Crippen LogP contribution < -0.4 is 20.6 Å². The van der Waals surface area contributed by atoms with E-state index in [4.69, 9.17) is 0 Å². The Balaban J connectivity index is 1.67. The van der Waals surface area contributed by atoms with Gasteiger partial charge in [0.1, 0.15) is 0 Å². The Labute approximate surface area is 384 Å². The standard InChI is InChI=1S/C59H74N2Si2/c1-16-17-21-40-22-20-23-41(30-40)42-26-27-52-54(31-42)56(53-25-19-18-24-51(53)55(52)60-46-28-39(2)29-49(37-46)62(12)13)61(48-35-45(59(9,10)11)36-50(38-48)63(14)15)47-33-43(57(3,4)5)32-44(34-47)58(6,7)8/h18-20,22-38,60,62-63H,16-17,21H2,1-15H3.